The van der Waals surface area contributed by atoms with Crippen LogP contribution in [0.25, 0.3) is 0 Å². The number of nitrogens with one attached hydrogen (secondary N) is 1. The van der Waals surface area contributed by atoms with Crippen molar-refractivity contribution in [1.82, 2.24) is 4.31 Å². The smallest absolute Gasteiger partial charge is 0.301 e. The Hall–Kier alpha value is -1.47. The summed E-state index contributed by atoms with van der Waals surface area (Å²) in [6.07, 6.45) is 0. The van der Waals surface area contributed by atoms with E-state index in [0.29, 0.717) is 17.1 Å². The molecule has 1 aromatic rings. The van der Waals surface area contributed by atoms with Crippen molar-refractivity contribution in [2.24, 2.45) is 0 Å². The molecule has 0 fully saturated rings. The molecule has 0 heterocycles. The zero-order valence-electron chi connectivity index (χ0n) is 11.0. The van der Waals surface area contributed by atoms with Gasteiger partial charge in [0.25, 0.3) is 0 Å². The number of benzene rings is 1. The first-order valence-electron chi connectivity index (χ1n) is 5.47. The Morgan fingerprint density at radius 2 is 2.00 bits per heavy atom. The molecule has 0 unspecified atom stereocenters. The number of hydrogen-bond acceptors (Lipinski definition) is 4. The average Bonchev–Trinajstić information content (AvgIpc) is 2.30. The van der Waals surface area contributed by atoms with E-state index in [2.05, 4.69) is 4.72 Å². The van der Waals surface area contributed by atoms with Crippen LogP contribution in [0.15, 0.2) is 18.2 Å². The van der Waals surface area contributed by atoms with Crippen LogP contribution in [-0.2, 0) is 10.2 Å². The van der Waals surface area contributed by atoms with E-state index in [1.807, 2.05) is 0 Å². The van der Waals surface area contributed by atoms with E-state index in [-0.39, 0.29) is 6.04 Å². The molecule has 0 radical (unpaired) electrons. The van der Waals surface area contributed by atoms with Crippen LogP contribution in [0.1, 0.15) is 13.8 Å². The Labute approximate surface area is 108 Å². The third kappa shape index (κ3) is 3.27. The number of methoxy groups -OCH3 is 1. The second-order valence-electron chi connectivity index (χ2n) is 4.17. The lowest BCUT2D eigenvalue weighted by Crippen LogP contribution is -2.37. The van der Waals surface area contributed by atoms with Crippen molar-refractivity contribution in [1.29, 1.82) is 0 Å². The molecule has 0 atom stereocenters. The predicted molar refractivity (Wildman–Crippen MR) is 72.8 cm³/mol. The zero-order valence-corrected chi connectivity index (χ0v) is 11.8. The number of ether oxygens (including phenoxy) is 1. The van der Waals surface area contributed by atoms with Gasteiger partial charge < -0.3 is 10.5 Å². The summed E-state index contributed by atoms with van der Waals surface area (Å²) in [6, 6.07) is 4.65. The molecule has 18 heavy (non-hydrogen) atoms. The molecule has 0 amide bonds. The molecule has 0 spiro atoms. The third-order valence-corrected chi connectivity index (χ3v) is 4.26. The lowest BCUT2D eigenvalue weighted by atomic mass is 10.2. The molecular weight excluding hydrogens is 254 g/mol. The van der Waals surface area contributed by atoms with Crippen LogP contribution >= 0.6 is 0 Å². The van der Waals surface area contributed by atoms with Gasteiger partial charge in [-0.05, 0) is 26.0 Å². The maximum absolute atomic E-state index is 12.0. The van der Waals surface area contributed by atoms with Gasteiger partial charge in [-0.3, -0.25) is 4.72 Å². The normalized spacial score (nSPS) is 11.9. The molecule has 102 valence electrons. The van der Waals surface area contributed by atoms with Crippen LogP contribution < -0.4 is 15.2 Å². The van der Waals surface area contributed by atoms with Crippen molar-refractivity contribution in [3.8, 4) is 5.75 Å². The number of nitrogens with two attached hydrogens (primary N) is 1. The van der Waals surface area contributed by atoms with Crippen LogP contribution in [0.2, 0.25) is 0 Å². The first kappa shape index (κ1) is 14.6. The lowest BCUT2D eigenvalue weighted by molar-refractivity contribution is 0.413. The van der Waals surface area contributed by atoms with Gasteiger partial charge in [0.15, 0.2) is 0 Å². The Kier molecular flexibility index (Phi) is 4.42. The van der Waals surface area contributed by atoms with Gasteiger partial charge in [0, 0.05) is 19.2 Å². The molecule has 0 aliphatic carbocycles. The largest absolute Gasteiger partial charge is 0.497 e. The number of rotatable bonds is 5. The molecule has 3 N–H and O–H groups in total. The van der Waals surface area contributed by atoms with Gasteiger partial charge in [-0.15, -0.1) is 0 Å². The number of nitrogen functional groups attached to an aromatic ring is 1. The van der Waals surface area contributed by atoms with Crippen molar-refractivity contribution in [3.05, 3.63) is 18.2 Å². The summed E-state index contributed by atoms with van der Waals surface area (Å²) in [6.45, 7) is 3.57. The Morgan fingerprint density at radius 1 is 1.39 bits per heavy atom. The van der Waals surface area contributed by atoms with Gasteiger partial charge in [0.2, 0.25) is 0 Å². The molecule has 0 aromatic heterocycles. The minimum absolute atomic E-state index is 0.144. The Bertz CT molecular complexity index is 514. The highest BCUT2D eigenvalue weighted by Crippen LogP contribution is 2.25. The molecule has 1 rings (SSSR count). The van der Waals surface area contributed by atoms with E-state index in [1.165, 1.54) is 18.5 Å². The molecular formula is C11H19N3O3S. The van der Waals surface area contributed by atoms with E-state index in [0.717, 1.165) is 0 Å². The summed E-state index contributed by atoms with van der Waals surface area (Å²) in [5.74, 6) is 0.536. The highest BCUT2D eigenvalue weighted by molar-refractivity contribution is 7.90. The second-order valence-corrected chi connectivity index (χ2v) is 5.90. The molecule has 0 bridgehead atoms. The van der Waals surface area contributed by atoms with Gasteiger partial charge >= 0.3 is 10.2 Å². The van der Waals surface area contributed by atoms with Crippen molar-refractivity contribution >= 4 is 21.6 Å². The summed E-state index contributed by atoms with van der Waals surface area (Å²) >= 11 is 0. The van der Waals surface area contributed by atoms with Gasteiger partial charge in [-0.2, -0.15) is 12.7 Å². The van der Waals surface area contributed by atoms with Crippen LogP contribution in [0, 0.1) is 0 Å². The van der Waals surface area contributed by atoms with Crippen LogP contribution in [0.4, 0.5) is 11.4 Å². The van der Waals surface area contributed by atoms with E-state index < -0.39 is 10.2 Å². The molecule has 0 saturated carbocycles. The fourth-order valence-electron chi connectivity index (χ4n) is 1.24. The monoisotopic (exact) mass is 273 g/mol. The van der Waals surface area contributed by atoms with Gasteiger partial charge in [-0.1, -0.05) is 0 Å². The summed E-state index contributed by atoms with van der Waals surface area (Å²) in [4.78, 5) is 0. The zero-order chi connectivity index (χ0) is 13.9. The molecule has 7 heteroatoms. The maximum Gasteiger partial charge on any atom is 0.301 e. The van der Waals surface area contributed by atoms with Crippen LogP contribution in [0.3, 0.4) is 0 Å². The summed E-state index contributed by atoms with van der Waals surface area (Å²) in [5, 5.41) is 0. The molecule has 6 nitrogen and oxygen atoms in total. The molecule has 0 aliphatic heterocycles. The SMILES string of the molecule is COc1ccc(N)c(NS(=O)(=O)N(C)C(C)C)c1. The Morgan fingerprint density at radius 3 is 2.50 bits per heavy atom. The minimum atomic E-state index is -3.61. The highest BCUT2D eigenvalue weighted by atomic mass is 32.2. The number of anilines is 2. The first-order chi connectivity index (χ1) is 8.27. The average molecular weight is 273 g/mol. The van der Waals surface area contributed by atoms with Crippen molar-refractivity contribution in [2.75, 3.05) is 24.6 Å². The quantitative estimate of drug-likeness (QED) is 0.791. The summed E-state index contributed by atoms with van der Waals surface area (Å²) in [5.41, 5.74) is 6.38. The fourth-order valence-corrected chi connectivity index (χ4v) is 2.39. The van der Waals surface area contributed by atoms with Crippen molar-refractivity contribution < 1.29 is 13.2 Å². The van der Waals surface area contributed by atoms with E-state index in [1.54, 1.807) is 32.0 Å². The second kappa shape index (κ2) is 5.45. The number of hydrogen-bond donors (Lipinski definition) is 2. The van der Waals surface area contributed by atoms with Crippen LogP contribution in [0.5, 0.6) is 5.75 Å². The fraction of sp³-hybridized carbons (Fsp3) is 0.455. The first-order valence-corrected chi connectivity index (χ1v) is 6.91. The lowest BCUT2D eigenvalue weighted by Gasteiger charge is -2.22. The van der Waals surface area contributed by atoms with E-state index in [4.69, 9.17) is 10.5 Å². The van der Waals surface area contributed by atoms with Crippen molar-refractivity contribution in [2.45, 2.75) is 19.9 Å². The molecule has 0 aliphatic rings. The van der Waals surface area contributed by atoms with Crippen LogP contribution in [-0.4, -0.2) is 32.9 Å². The third-order valence-electron chi connectivity index (χ3n) is 2.61. The summed E-state index contributed by atoms with van der Waals surface area (Å²) < 4.78 is 32.7. The highest BCUT2D eigenvalue weighted by Gasteiger charge is 2.21. The van der Waals surface area contributed by atoms with E-state index in [9.17, 15) is 8.42 Å². The van der Waals surface area contributed by atoms with Gasteiger partial charge in [0.1, 0.15) is 5.75 Å². The minimum Gasteiger partial charge on any atom is -0.497 e. The maximum atomic E-state index is 12.0. The standard InChI is InChI=1S/C11H19N3O3S/c1-8(2)14(3)18(15,16)13-11-7-9(17-4)5-6-10(11)12/h5-8,13H,12H2,1-4H3. The van der Waals surface area contributed by atoms with E-state index >= 15 is 0 Å². The predicted octanol–water partition coefficient (Wildman–Crippen LogP) is 1.27. The Balaban J connectivity index is 3.04. The molecule has 0 saturated heterocycles. The molecule has 1 aromatic carbocycles. The van der Waals surface area contributed by atoms with Gasteiger partial charge in [0.05, 0.1) is 18.5 Å². The van der Waals surface area contributed by atoms with Crippen molar-refractivity contribution in [3.63, 3.8) is 0 Å². The summed E-state index contributed by atoms with van der Waals surface area (Å²) in [7, 11) is -0.605. The topological polar surface area (TPSA) is 84.7 Å². The van der Waals surface area contributed by atoms with Gasteiger partial charge in [-0.25, -0.2) is 0 Å². The number of nitrogens with zero attached hydrogens (tertiary/aromatic N) is 1.